The number of nitrogens with two attached hydrogens (primary N) is 1. The van der Waals surface area contributed by atoms with Gasteiger partial charge >= 0.3 is 0 Å². The van der Waals surface area contributed by atoms with E-state index in [-0.39, 0.29) is 16.8 Å². The number of anilines is 2. The minimum atomic E-state index is -0.395. The Morgan fingerprint density at radius 3 is 2.68 bits per heavy atom. The highest BCUT2D eigenvalue weighted by Crippen LogP contribution is 2.36. The van der Waals surface area contributed by atoms with Gasteiger partial charge in [-0.25, -0.2) is 9.53 Å². The molecule has 0 spiro atoms. The highest BCUT2D eigenvalue weighted by molar-refractivity contribution is 8.19. The maximum atomic E-state index is 12.4. The molecule has 1 amide bonds. The van der Waals surface area contributed by atoms with E-state index in [1.165, 1.54) is 0 Å². The number of hydrogen-bond acceptors (Lipinski definition) is 8. The summed E-state index contributed by atoms with van der Waals surface area (Å²) < 4.78 is 9.56. The third kappa shape index (κ3) is 2.42. The number of rotatable bonds is 3. The fourth-order valence-corrected chi connectivity index (χ4v) is 2.72. The molecule has 0 aliphatic carbocycles. The van der Waals surface area contributed by atoms with Gasteiger partial charge < -0.3 is 10.5 Å². The summed E-state index contributed by atoms with van der Waals surface area (Å²) in [5, 5.41) is 14.9. The summed E-state index contributed by atoms with van der Waals surface area (Å²) in [6.07, 6.45) is 1.69. The third-order valence-electron chi connectivity index (χ3n) is 2.94. The minimum Gasteiger partial charge on any atom is -0.497 e. The molecule has 0 bridgehead atoms. The van der Waals surface area contributed by atoms with E-state index in [1.54, 1.807) is 25.3 Å². The van der Waals surface area contributed by atoms with E-state index in [0.29, 0.717) is 4.91 Å². The molecule has 1 saturated heterocycles. The number of amides is 1. The molecule has 0 saturated carbocycles. The van der Waals surface area contributed by atoms with E-state index < -0.39 is 5.91 Å². The average Bonchev–Trinajstić information content (AvgIpc) is 3.04. The molecule has 9 heteroatoms. The van der Waals surface area contributed by atoms with Gasteiger partial charge in [-0.05, 0) is 45.8 Å². The van der Waals surface area contributed by atoms with E-state index in [1.807, 2.05) is 12.1 Å². The molecule has 1 aromatic heterocycles. The average molecular weight is 317 g/mol. The summed E-state index contributed by atoms with van der Waals surface area (Å²) in [5.41, 5.74) is 6.39. The van der Waals surface area contributed by atoms with Gasteiger partial charge in [0.05, 0.1) is 12.0 Å². The monoisotopic (exact) mass is 317 g/mol. The predicted octanol–water partition coefficient (Wildman–Crippen LogP) is 1.72. The number of nitrogen functional groups attached to an aromatic ring is 1. The van der Waals surface area contributed by atoms with Crippen molar-refractivity contribution in [3.8, 4) is 5.75 Å². The largest absolute Gasteiger partial charge is 0.497 e. The van der Waals surface area contributed by atoms with Crippen molar-refractivity contribution in [3.05, 3.63) is 34.7 Å². The van der Waals surface area contributed by atoms with Gasteiger partial charge in [-0.15, -0.1) is 0 Å². The first-order chi connectivity index (χ1) is 10.6. The van der Waals surface area contributed by atoms with E-state index in [2.05, 4.69) is 14.9 Å². The summed E-state index contributed by atoms with van der Waals surface area (Å²) in [7, 11) is 1.58. The normalized spacial score (nSPS) is 16.6. The zero-order chi connectivity index (χ0) is 15.7. The number of methoxy groups -OCH3 is 1. The molecule has 1 fully saturated rings. The standard InChI is InChI=1S/C13H11N5O3S/c1-20-8-4-2-7(3-5-8)6-9-12(19)18(13(15)22-9)11-10(14)16-21-17-11/h2-6,15H,1H3,(H2,14,16)/b9-6-,15-13?. The first-order valence-electron chi connectivity index (χ1n) is 6.15. The second-order valence-corrected chi connectivity index (χ2v) is 5.33. The number of carbonyl (C=O) groups excluding carboxylic acids is 1. The Morgan fingerprint density at radius 1 is 1.36 bits per heavy atom. The fourth-order valence-electron chi connectivity index (χ4n) is 1.88. The first kappa shape index (κ1) is 14.1. The second kappa shape index (κ2) is 5.53. The Balaban J connectivity index is 1.90. The zero-order valence-corrected chi connectivity index (χ0v) is 12.3. The van der Waals surface area contributed by atoms with Crippen molar-refractivity contribution in [2.24, 2.45) is 0 Å². The van der Waals surface area contributed by atoms with E-state index >= 15 is 0 Å². The molecule has 2 heterocycles. The molecule has 1 aliphatic rings. The van der Waals surface area contributed by atoms with Gasteiger partial charge in [0.1, 0.15) is 5.75 Å². The summed E-state index contributed by atoms with van der Waals surface area (Å²) in [4.78, 5) is 13.8. The third-order valence-corrected chi connectivity index (χ3v) is 3.83. The van der Waals surface area contributed by atoms with Crippen molar-refractivity contribution in [2.45, 2.75) is 0 Å². The van der Waals surface area contributed by atoms with E-state index in [4.69, 9.17) is 15.9 Å². The van der Waals surface area contributed by atoms with Crippen LogP contribution in [0.2, 0.25) is 0 Å². The Morgan fingerprint density at radius 2 is 2.09 bits per heavy atom. The summed E-state index contributed by atoms with van der Waals surface area (Å²) in [6, 6.07) is 7.22. The van der Waals surface area contributed by atoms with Crippen molar-refractivity contribution in [3.63, 3.8) is 0 Å². The van der Waals surface area contributed by atoms with Gasteiger partial charge in [0, 0.05) is 0 Å². The number of aromatic nitrogens is 2. The highest BCUT2D eigenvalue weighted by Gasteiger charge is 2.37. The molecule has 2 aromatic rings. The molecule has 1 aromatic carbocycles. The molecule has 0 radical (unpaired) electrons. The van der Waals surface area contributed by atoms with Crippen molar-refractivity contribution in [1.29, 1.82) is 5.41 Å². The molecule has 0 unspecified atom stereocenters. The van der Waals surface area contributed by atoms with Crippen LogP contribution in [0.5, 0.6) is 5.75 Å². The van der Waals surface area contributed by atoms with Crippen LogP contribution in [0.3, 0.4) is 0 Å². The van der Waals surface area contributed by atoms with Crippen LogP contribution < -0.4 is 15.4 Å². The zero-order valence-electron chi connectivity index (χ0n) is 11.4. The fraction of sp³-hybridized carbons (Fsp3) is 0.0769. The van der Waals surface area contributed by atoms with Crippen molar-refractivity contribution in [1.82, 2.24) is 10.3 Å². The van der Waals surface area contributed by atoms with Gasteiger partial charge in [-0.3, -0.25) is 10.2 Å². The first-order valence-corrected chi connectivity index (χ1v) is 6.96. The second-order valence-electron chi connectivity index (χ2n) is 4.30. The summed E-state index contributed by atoms with van der Waals surface area (Å²) in [6.45, 7) is 0. The number of carbonyl (C=O) groups is 1. The minimum absolute atomic E-state index is 0.00726. The SMILES string of the molecule is COc1ccc(/C=C2\SC(=N)N(c3nonc3N)C2=O)cc1. The molecular formula is C13H11N5O3S. The van der Waals surface area contributed by atoms with Gasteiger partial charge in [0.15, 0.2) is 5.17 Å². The van der Waals surface area contributed by atoms with Crippen molar-refractivity contribution >= 4 is 40.5 Å². The lowest BCUT2D eigenvalue weighted by atomic mass is 10.2. The summed E-state index contributed by atoms with van der Waals surface area (Å²) in [5.74, 6) is 0.321. The number of ether oxygens (including phenoxy) is 1. The number of hydrogen-bond donors (Lipinski definition) is 2. The lowest BCUT2D eigenvalue weighted by Gasteiger charge is -2.09. The molecule has 1 aliphatic heterocycles. The Kier molecular flexibility index (Phi) is 3.55. The van der Waals surface area contributed by atoms with Gasteiger partial charge in [0.2, 0.25) is 11.6 Å². The molecule has 8 nitrogen and oxygen atoms in total. The Labute approximate surface area is 129 Å². The number of thioether (sulfide) groups is 1. The van der Waals surface area contributed by atoms with Crippen LogP contribution in [0, 0.1) is 5.41 Å². The molecular weight excluding hydrogens is 306 g/mol. The number of nitrogens with one attached hydrogen (secondary N) is 1. The van der Waals surface area contributed by atoms with Crippen molar-refractivity contribution in [2.75, 3.05) is 17.7 Å². The van der Waals surface area contributed by atoms with E-state index in [0.717, 1.165) is 28.0 Å². The number of amidine groups is 1. The van der Waals surface area contributed by atoms with Crippen LogP contribution in [0.4, 0.5) is 11.6 Å². The van der Waals surface area contributed by atoms with Gasteiger partial charge in [-0.2, -0.15) is 0 Å². The molecule has 3 N–H and O–H groups in total. The highest BCUT2D eigenvalue weighted by atomic mass is 32.2. The smallest absolute Gasteiger partial charge is 0.272 e. The van der Waals surface area contributed by atoms with Crippen LogP contribution in [0.25, 0.3) is 6.08 Å². The lowest BCUT2D eigenvalue weighted by molar-refractivity contribution is -0.113. The van der Waals surface area contributed by atoms with Gasteiger partial charge in [0.25, 0.3) is 5.91 Å². The Bertz CT molecular complexity index is 768. The van der Waals surface area contributed by atoms with Crippen molar-refractivity contribution < 1.29 is 14.2 Å². The predicted molar refractivity (Wildman–Crippen MR) is 82.5 cm³/mol. The number of nitrogens with zero attached hydrogens (tertiary/aromatic N) is 3. The maximum absolute atomic E-state index is 12.4. The van der Waals surface area contributed by atoms with Crippen LogP contribution >= 0.6 is 11.8 Å². The molecule has 3 rings (SSSR count). The van der Waals surface area contributed by atoms with Crippen LogP contribution in [0.15, 0.2) is 33.8 Å². The van der Waals surface area contributed by atoms with Gasteiger partial charge in [-0.1, -0.05) is 12.1 Å². The Hall–Kier alpha value is -2.81. The van der Waals surface area contributed by atoms with Crippen LogP contribution in [-0.2, 0) is 4.79 Å². The van der Waals surface area contributed by atoms with E-state index in [9.17, 15) is 4.79 Å². The molecule has 112 valence electrons. The summed E-state index contributed by atoms with van der Waals surface area (Å²) >= 11 is 1.02. The quantitative estimate of drug-likeness (QED) is 0.827. The molecule has 0 atom stereocenters. The maximum Gasteiger partial charge on any atom is 0.272 e. The number of benzene rings is 1. The lowest BCUT2D eigenvalue weighted by Crippen LogP contribution is -2.29. The topological polar surface area (TPSA) is 118 Å². The van der Waals surface area contributed by atoms with Crippen LogP contribution in [-0.4, -0.2) is 28.5 Å². The van der Waals surface area contributed by atoms with Crippen LogP contribution in [0.1, 0.15) is 5.56 Å². The molecule has 22 heavy (non-hydrogen) atoms.